The molecular formula is C20H30O8. The van der Waals surface area contributed by atoms with E-state index in [0.29, 0.717) is 25.7 Å². The molecule has 158 valence electrons. The molecule has 0 unspecified atom stereocenters. The van der Waals surface area contributed by atoms with E-state index < -0.39 is 23.9 Å². The van der Waals surface area contributed by atoms with Gasteiger partial charge in [0.25, 0.3) is 0 Å². The summed E-state index contributed by atoms with van der Waals surface area (Å²) in [7, 11) is 0. The average molecular weight is 398 g/mol. The molecule has 0 aliphatic carbocycles. The topological polar surface area (TPSA) is 121 Å². The summed E-state index contributed by atoms with van der Waals surface area (Å²) in [5.41, 5.74) is 0. The summed E-state index contributed by atoms with van der Waals surface area (Å²) in [6, 6.07) is 0. The number of carbonyl (C=O) groups excluding carboxylic acids is 6. The zero-order valence-corrected chi connectivity index (χ0v) is 16.3. The van der Waals surface area contributed by atoms with Crippen molar-refractivity contribution >= 4 is 36.4 Å². The first-order chi connectivity index (χ1) is 13.5. The number of hydrogen-bond acceptors (Lipinski definition) is 8. The van der Waals surface area contributed by atoms with Crippen LogP contribution in [-0.2, 0) is 38.2 Å². The molecule has 0 aromatic carbocycles. The van der Waals surface area contributed by atoms with Gasteiger partial charge in [-0.25, -0.2) is 0 Å². The van der Waals surface area contributed by atoms with Crippen LogP contribution in [0.4, 0.5) is 0 Å². The lowest BCUT2D eigenvalue weighted by Gasteiger charge is -2.04. The van der Waals surface area contributed by atoms with Crippen molar-refractivity contribution in [1.82, 2.24) is 0 Å². The average Bonchev–Trinajstić information content (AvgIpc) is 2.64. The van der Waals surface area contributed by atoms with Crippen LogP contribution in [0.25, 0.3) is 0 Å². The third-order valence-electron chi connectivity index (χ3n) is 3.87. The van der Waals surface area contributed by atoms with Gasteiger partial charge in [0.05, 0.1) is 0 Å². The summed E-state index contributed by atoms with van der Waals surface area (Å²) in [6.07, 6.45) is 7.90. The minimum absolute atomic E-state index is 0.0667. The fraction of sp³-hybridized carbons (Fsp3) is 0.700. The molecular weight excluding hydrogens is 368 g/mol. The van der Waals surface area contributed by atoms with E-state index in [9.17, 15) is 28.8 Å². The van der Waals surface area contributed by atoms with Gasteiger partial charge < -0.3 is 19.1 Å². The summed E-state index contributed by atoms with van der Waals surface area (Å²) >= 11 is 0. The molecule has 0 aliphatic rings. The number of carbonyl (C=O) groups is 6. The Morgan fingerprint density at radius 3 is 1.07 bits per heavy atom. The molecule has 0 fully saturated rings. The van der Waals surface area contributed by atoms with E-state index in [0.717, 1.165) is 38.3 Å². The molecule has 0 atom stereocenters. The van der Waals surface area contributed by atoms with Crippen LogP contribution in [-0.4, -0.2) is 36.4 Å². The highest BCUT2D eigenvalue weighted by Gasteiger charge is 2.11. The zero-order valence-electron chi connectivity index (χ0n) is 16.3. The van der Waals surface area contributed by atoms with Gasteiger partial charge in [0.2, 0.25) is 0 Å². The third kappa shape index (κ3) is 17.1. The number of esters is 4. The fourth-order valence-electron chi connectivity index (χ4n) is 2.36. The van der Waals surface area contributed by atoms with Gasteiger partial charge in [0.1, 0.15) is 12.6 Å². The molecule has 0 aromatic heterocycles. The second-order valence-corrected chi connectivity index (χ2v) is 6.43. The maximum atomic E-state index is 11.5. The van der Waals surface area contributed by atoms with Crippen molar-refractivity contribution in [2.75, 3.05) is 0 Å². The molecule has 0 N–H and O–H groups in total. The first-order valence-corrected chi connectivity index (χ1v) is 9.84. The fourth-order valence-corrected chi connectivity index (χ4v) is 2.36. The molecule has 0 bridgehead atoms. The molecule has 8 heteroatoms. The Balaban J connectivity index is 3.51. The largest absolute Gasteiger partial charge is 0.393 e. The molecule has 0 aromatic rings. The molecule has 0 heterocycles. The van der Waals surface area contributed by atoms with Crippen LogP contribution >= 0.6 is 0 Å². The Labute approximate surface area is 165 Å². The molecule has 8 nitrogen and oxygen atoms in total. The summed E-state index contributed by atoms with van der Waals surface area (Å²) in [5.74, 6) is -2.28. The van der Waals surface area contributed by atoms with Crippen molar-refractivity contribution in [1.29, 1.82) is 0 Å². The number of unbranched alkanes of at least 4 members (excludes halogenated alkanes) is 7. The van der Waals surface area contributed by atoms with Crippen molar-refractivity contribution < 1.29 is 38.2 Å². The highest BCUT2D eigenvalue weighted by atomic mass is 16.6. The van der Waals surface area contributed by atoms with Crippen LogP contribution in [0.3, 0.4) is 0 Å². The lowest BCUT2D eigenvalue weighted by Crippen LogP contribution is -2.12. The Bertz CT molecular complexity index is 466. The van der Waals surface area contributed by atoms with E-state index in [1.807, 2.05) is 0 Å². The normalized spacial score (nSPS) is 10.1. The van der Waals surface area contributed by atoms with E-state index in [4.69, 9.17) is 0 Å². The van der Waals surface area contributed by atoms with Gasteiger partial charge in [-0.15, -0.1) is 0 Å². The first kappa shape index (κ1) is 25.6. The van der Waals surface area contributed by atoms with Gasteiger partial charge in [-0.1, -0.05) is 25.7 Å². The lowest BCUT2D eigenvalue weighted by molar-refractivity contribution is -0.161. The van der Waals surface area contributed by atoms with E-state index >= 15 is 0 Å². The Kier molecular flexibility index (Phi) is 16.5. The van der Waals surface area contributed by atoms with E-state index in [1.54, 1.807) is 0 Å². The van der Waals surface area contributed by atoms with Crippen LogP contribution in [0.15, 0.2) is 0 Å². The predicted octanol–water partition coefficient (Wildman–Crippen LogP) is 2.99. The van der Waals surface area contributed by atoms with Crippen molar-refractivity contribution in [3.8, 4) is 0 Å². The van der Waals surface area contributed by atoms with Crippen molar-refractivity contribution in [2.45, 2.75) is 89.9 Å². The van der Waals surface area contributed by atoms with Gasteiger partial charge in [0, 0.05) is 38.5 Å². The monoisotopic (exact) mass is 398 g/mol. The predicted molar refractivity (Wildman–Crippen MR) is 99.0 cm³/mol. The number of aldehydes is 2. The lowest BCUT2D eigenvalue weighted by atomic mass is 10.1. The molecule has 0 amide bonds. The number of rotatable bonds is 17. The van der Waals surface area contributed by atoms with Crippen LogP contribution < -0.4 is 0 Å². The SMILES string of the molecule is O=CCCCC(=O)OC(=O)CCCCCCCCC(=O)OC(=O)CCCC=O. The van der Waals surface area contributed by atoms with Crippen molar-refractivity contribution in [3.63, 3.8) is 0 Å². The highest BCUT2D eigenvalue weighted by Crippen LogP contribution is 2.10. The summed E-state index contributed by atoms with van der Waals surface area (Å²) in [5, 5.41) is 0. The minimum atomic E-state index is -0.596. The van der Waals surface area contributed by atoms with E-state index in [-0.39, 0.29) is 38.5 Å². The summed E-state index contributed by atoms with van der Waals surface area (Å²) < 4.78 is 9.28. The third-order valence-corrected chi connectivity index (χ3v) is 3.87. The van der Waals surface area contributed by atoms with Crippen LogP contribution in [0.1, 0.15) is 89.9 Å². The molecule has 0 saturated carbocycles. The highest BCUT2D eigenvalue weighted by molar-refractivity contribution is 5.86. The van der Waals surface area contributed by atoms with Crippen LogP contribution in [0.2, 0.25) is 0 Å². The zero-order chi connectivity index (χ0) is 21.0. The van der Waals surface area contributed by atoms with Gasteiger partial charge >= 0.3 is 23.9 Å². The quantitative estimate of drug-likeness (QED) is 0.159. The van der Waals surface area contributed by atoms with E-state index in [2.05, 4.69) is 9.47 Å². The molecule has 0 rings (SSSR count). The van der Waals surface area contributed by atoms with Crippen LogP contribution in [0.5, 0.6) is 0 Å². The second kappa shape index (κ2) is 18.0. The van der Waals surface area contributed by atoms with Gasteiger partial charge in [-0.2, -0.15) is 0 Å². The van der Waals surface area contributed by atoms with Crippen LogP contribution in [0, 0.1) is 0 Å². The summed E-state index contributed by atoms with van der Waals surface area (Å²) in [6.45, 7) is 0. The number of hydrogen-bond donors (Lipinski definition) is 0. The molecule has 0 radical (unpaired) electrons. The molecule has 0 spiro atoms. The van der Waals surface area contributed by atoms with E-state index in [1.165, 1.54) is 0 Å². The van der Waals surface area contributed by atoms with Crippen molar-refractivity contribution in [2.24, 2.45) is 0 Å². The first-order valence-electron chi connectivity index (χ1n) is 9.84. The minimum Gasteiger partial charge on any atom is -0.393 e. The summed E-state index contributed by atoms with van der Waals surface area (Å²) in [4.78, 5) is 65.8. The molecule has 28 heavy (non-hydrogen) atoms. The maximum Gasteiger partial charge on any atom is 0.313 e. The Hall–Kier alpha value is -2.38. The second-order valence-electron chi connectivity index (χ2n) is 6.43. The standard InChI is InChI=1S/C20H30O8/c21-15-9-7-13-19(25)27-17(23)11-5-3-1-2-4-6-12-18(24)28-20(26)14-8-10-16-22/h15-16H,1-14H2. The molecule has 0 saturated heterocycles. The smallest absolute Gasteiger partial charge is 0.313 e. The Morgan fingerprint density at radius 2 is 0.750 bits per heavy atom. The van der Waals surface area contributed by atoms with Gasteiger partial charge in [-0.3, -0.25) is 19.2 Å². The van der Waals surface area contributed by atoms with Crippen molar-refractivity contribution in [3.05, 3.63) is 0 Å². The number of ether oxygens (including phenoxy) is 2. The maximum absolute atomic E-state index is 11.5. The Morgan fingerprint density at radius 1 is 0.464 bits per heavy atom. The van der Waals surface area contributed by atoms with Gasteiger partial charge in [0.15, 0.2) is 0 Å². The molecule has 0 aliphatic heterocycles. The van der Waals surface area contributed by atoms with Gasteiger partial charge in [-0.05, 0) is 25.7 Å².